The third-order valence-electron chi connectivity index (χ3n) is 5.17. The molecule has 2 aromatic rings. The molecule has 1 atom stereocenters. The first-order chi connectivity index (χ1) is 13.4. The number of hydrogen-bond donors (Lipinski definition) is 1. The molecule has 6 nitrogen and oxygen atoms in total. The molecule has 1 amide bonds. The zero-order chi connectivity index (χ0) is 20.1. The molecule has 28 heavy (non-hydrogen) atoms. The summed E-state index contributed by atoms with van der Waals surface area (Å²) < 4.78 is 8.00. The molecular weight excluding hydrogens is 372 g/mol. The number of ether oxygens (including phenoxy) is 1. The van der Waals surface area contributed by atoms with Crippen LogP contribution in [0.2, 0.25) is 0 Å². The Labute approximate surface area is 171 Å². The summed E-state index contributed by atoms with van der Waals surface area (Å²) in [6.45, 7) is 6.07. The summed E-state index contributed by atoms with van der Waals surface area (Å²) in [6, 6.07) is 6.47. The highest BCUT2D eigenvalue weighted by molar-refractivity contribution is 7.99. The third-order valence-corrected chi connectivity index (χ3v) is 6.19. The topological polar surface area (TPSA) is 69.0 Å². The van der Waals surface area contributed by atoms with Crippen molar-refractivity contribution in [2.45, 2.75) is 70.2 Å². The van der Waals surface area contributed by atoms with Crippen LogP contribution in [0.1, 0.15) is 62.1 Å². The maximum absolute atomic E-state index is 12.2. The molecule has 1 aliphatic rings. The van der Waals surface area contributed by atoms with Gasteiger partial charge in [0.15, 0.2) is 17.1 Å². The van der Waals surface area contributed by atoms with E-state index in [9.17, 15) is 4.79 Å². The number of carbonyl (C=O) groups is 1. The van der Waals surface area contributed by atoms with Gasteiger partial charge in [-0.05, 0) is 45.2 Å². The maximum Gasteiger partial charge on any atom is 0.230 e. The second kappa shape index (κ2) is 9.45. The Hall–Kier alpha value is -2.02. The van der Waals surface area contributed by atoms with Crippen molar-refractivity contribution in [2.75, 3.05) is 5.75 Å². The first-order valence-electron chi connectivity index (χ1n) is 9.99. The minimum absolute atomic E-state index is 0.0704. The SMILES string of the molecule is Cc1ccc(OC(C)c2nnc(SCC(=O)NC3CCCCC3)n2C)c(C)c1. The van der Waals surface area contributed by atoms with Crippen LogP contribution in [0.4, 0.5) is 0 Å². The van der Waals surface area contributed by atoms with Crippen LogP contribution in [-0.4, -0.2) is 32.5 Å². The number of hydrogen-bond acceptors (Lipinski definition) is 5. The van der Waals surface area contributed by atoms with Crippen molar-refractivity contribution in [1.29, 1.82) is 0 Å². The van der Waals surface area contributed by atoms with Crippen molar-refractivity contribution in [3.05, 3.63) is 35.2 Å². The molecule has 1 heterocycles. The minimum Gasteiger partial charge on any atom is -0.482 e. The van der Waals surface area contributed by atoms with Crippen LogP contribution in [0.3, 0.4) is 0 Å². The monoisotopic (exact) mass is 402 g/mol. The van der Waals surface area contributed by atoms with Gasteiger partial charge < -0.3 is 14.6 Å². The van der Waals surface area contributed by atoms with Gasteiger partial charge in [0.25, 0.3) is 0 Å². The van der Waals surface area contributed by atoms with E-state index in [1.54, 1.807) is 0 Å². The molecule has 1 saturated carbocycles. The molecule has 1 fully saturated rings. The number of nitrogens with one attached hydrogen (secondary N) is 1. The van der Waals surface area contributed by atoms with Crippen LogP contribution in [0, 0.1) is 13.8 Å². The predicted molar refractivity (Wildman–Crippen MR) is 112 cm³/mol. The van der Waals surface area contributed by atoms with Crippen molar-refractivity contribution in [3.8, 4) is 5.75 Å². The average Bonchev–Trinajstić information content (AvgIpc) is 3.04. The van der Waals surface area contributed by atoms with Gasteiger partial charge in [0, 0.05) is 13.1 Å². The van der Waals surface area contributed by atoms with E-state index >= 15 is 0 Å². The van der Waals surface area contributed by atoms with Crippen LogP contribution in [0.15, 0.2) is 23.4 Å². The normalized spacial score (nSPS) is 16.0. The summed E-state index contributed by atoms with van der Waals surface area (Å²) in [7, 11) is 1.92. The van der Waals surface area contributed by atoms with E-state index in [0.29, 0.717) is 11.8 Å². The van der Waals surface area contributed by atoms with Gasteiger partial charge in [-0.25, -0.2) is 0 Å². The lowest BCUT2D eigenvalue weighted by atomic mass is 9.95. The summed E-state index contributed by atoms with van der Waals surface area (Å²) in [4.78, 5) is 12.2. The van der Waals surface area contributed by atoms with E-state index < -0.39 is 0 Å². The highest BCUT2D eigenvalue weighted by Crippen LogP contribution is 2.26. The average molecular weight is 403 g/mol. The number of carbonyl (C=O) groups excluding carboxylic acids is 1. The van der Waals surface area contributed by atoms with E-state index in [0.717, 1.165) is 35.1 Å². The first-order valence-corrected chi connectivity index (χ1v) is 11.0. The van der Waals surface area contributed by atoms with Crippen molar-refractivity contribution in [2.24, 2.45) is 7.05 Å². The first kappa shape index (κ1) is 20.7. The minimum atomic E-state index is -0.232. The molecule has 0 aliphatic heterocycles. The number of rotatable bonds is 7. The number of aryl methyl sites for hydroxylation is 2. The fourth-order valence-electron chi connectivity index (χ4n) is 3.63. The van der Waals surface area contributed by atoms with Crippen molar-refractivity contribution in [3.63, 3.8) is 0 Å². The molecule has 1 aromatic carbocycles. The third kappa shape index (κ3) is 5.28. The molecular formula is C21H30N4O2S. The van der Waals surface area contributed by atoms with Gasteiger partial charge in [-0.15, -0.1) is 10.2 Å². The van der Waals surface area contributed by atoms with Crippen LogP contribution in [-0.2, 0) is 11.8 Å². The lowest BCUT2D eigenvalue weighted by Crippen LogP contribution is -2.37. The smallest absolute Gasteiger partial charge is 0.230 e. The van der Waals surface area contributed by atoms with Crippen LogP contribution in [0.5, 0.6) is 5.75 Å². The van der Waals surface area contributed by atoms with Gasteiger partial charge in [-0.2, -0.15) is 0 Å². The molecule has 0 spiro atoms. The van der Waals surface area contributed by atoms with Gasteiger partial charge in [-0.1, -0.05) is 48.7 Å². The van der Waals surface area contributed by atoms with E-state index in [4.69, 9.17) is 4.74 Å². The van der Waals surface area contributed by atoms with Crippen molar-refractivity contribution in [1.82, 2.24) is 20.1 Å². The summed E-state index contributed by atoms with van der Waals surface area (Å²) in [5.41, 5.74) is 2.31. The van der Waals surface area contributed by atoms with E-state index in [1.807, 2.05) is 37.6 Å². The number of amides is 1. The van der Waals surface area contributed by atoms with Crippen molar-refractivity contribution >= 4 is 17.7 Å². The van der Waals surface area contributed by atoms with Crippen LogP contribution in [0.25, 0.3) is 0 Å². The molecule has 0 radical (unpaired) electrons. The second-order valence-electron chi connectivity index (χ2n) is 7.62. The van der Waals surface area contributed by atoms with Gasteiger partial charge in [-0.3, -0.25) is 4.79 Å². The Morgan fingerprint density at radius 1 is 1.29 bits per heavy atom. The Bertz CT molecular complexity index is 815. The largest absolute Gasteiger partial charge is 0.482 e. The fourth-order valence-corrected chi connectivity index (χ4v) is 4.36. The Morgan fingerprint density at radius 2 is 2.04 bits per heavy atom. The highest BCUT2D eigenvalue weighted by atomic mass is 32.2. The lowest BCUT2D eigenvalue weighted by molar-refractivity contribution is -0.119. The van der Waals surface area contributed by atoms with E-state index in [-0.39, 0.29) is 12.0 Å². The Morgan fingerprint density at radius 3 is 2.75 bits per heavy atom. The van der Waals surface area contributed by atoms with Crippen LogP contribution < -0.4 is 10.1 Å². The molecule has 3 rings (SSSR count). The molecule has 7 heteroatoms. The zero-order valence-corrected chi connectivity index (χ0v) is 18.0. The van der Waals surface area contributed by atoms with Gasteiger partial charge in [0.1, 0.15) is 5.75 Å². The van der Waals surface area contributed by atoms with Gasteiger partial charge in [0.2, 0.25) is 5.91 Å². The highest BCUT2D eigenvalue weighted by Gasteiger charge is 2.20. The Balaban J connectivity index is 1.55. The summed E-state index contributed by atoms with van der Waals surface area (Å²) in [5.74, 6) is 2.02. The zero-order valence-electron chi connectivity index (χ0n) is 17.2. The van der Waals surface area contributed by atoms with Crippen molar-refractivity contribution < 1.29 is 9.53 Å². The molecule has 1 aliphatic carbocycles. The number of thioether (sulfide) groups is 1. The maximum atomic E-state index is 12.2. The predicted octanol–water partition coefficient (Wildman–Crippen LogP) is 4.11. The van der Waals surface area contributed by atoms with Crippen LogP contribution >= 0.6 is 11.8 Å². The molecule has 1 unspecified atom stereocenters. The quantitative estimate of drug-likeness (QED) is 0.706. The summed E-state index contributed by atoms with van der Waals surface area (Å²) >= 11 is 1.42. The van der Waals surface area contributed by atoms with E-state index in [2.05, 4.69) is 28.5 Å². The number of aromatic nitrogens is 3. The second-order valence-corrected chi connectivity index (χ2v) is 8.56. The fraction of sp³-hybridized carbons (Fsp3) is 0.571. The lowest BCUT2D eigenvalue weighted by Gasteiger charge is -2.22. The number of nitrogens with zero attached hydrogens (tertiary/aromatic N) is 3. The summed E-state index contributed by atoms with van der Waals surface area (Å²) in [5, 5.41) is 12.4. The molecule has 1 N–H and O–H groups in total. The van der Waals surface area contributed by atoms with Gasteiger partial charge >= 0.3 is 0 Å². The Kier molecular flexibility index (Phi) is 6.99. The number of benzene rings is 1. The standard InChI is InChI=1S/C21H30N4O2S/c1-14-10-11-18(15(2)12-14)27-16(3)20-23-24-21(25(20)4)28-13-19(26)22-17-8-6-5-7-9-17/h10-12,16-17H,5-9,13H2,1-4H3,(H,22,26). The van der Waals surface area contributed by atoms with Gasteiger partial charge in [0.05, 0.1) is 5.75 Å². The molecule has 0 bridgehead atoms. The van der Waals surface area contributed by atoms with E-state index in [1.165, 1.54) is 36.6 Å². The molecule has 1 aromatic heterocycles. The summed E-state index contributed by atoms with van der Waals surface area (Å²) in [6.07, 6.45) is 5.66. The molecule has 0 saturated heterocycles. The molecule has 152 valence electrons.